The number of carbonyl (C=O) groups excluding carboxylic acids is 1. The molecule has 7 heteroatoms. The predicted octanol–water partition coefficient (Wildman–Crippen LogP) is 3.65. The van der Waals surface area contributed by atoms with Crippen molar-refractivity contribution < 1.29 is 24.4 Å². The van der Waals surface area contributed by atoms with Gasteiger partial charge < -0.3 is 9.84 Å². The van der Waals surface area contributed by atoms with Crippen molar-refractivity contribution in [1.82, 2.24) is 0 Å². The average Bonchev–Trinajstić information content (AvgIpc) is 2.61. The lowest BCUT2D eigenvalue weighted by Crippen LogP contribution is -2.22. The minimum absolute atomic E-state index is 0.00588. The van der Waals surface area contributed by atoms with Gasteiger partial charge in [0.25, 0.3) is 5.69 Å². The van der Waals surface area contributed by atoms with E-state index in [9.17, 15) is 19.7 Å². The number of benzene rings is 2. The zero-order valence-electron chi connectivity index (χ0n) is 14.2. The molecule has 26 heavy (non-hydrogen) atoms. The highest BCUT2D eigenvalue weighted by atomic mass is 16.6. The van der Waals surface area contributed by atoms with E-state index >= 15 is 0 Å². The van der Waals surface area contributed by atoms with E-state index in [2.05, 4.69) is 0 Å². The summed E-state index contributed by atoms with van der Waals surface area (Å²) in [4.78, 5) is 33.4. The lowest BCUT2D eigenvalue weighted by Gasteiger charge is -2.10. The molecule has 1 unspecified atom stereocenters. The Morgan fingerprint density at radius 2 is 1.85 bits per heavy atom. The molecule has 0 spiro atoms. The summed E-state index contributed by atoms with van der Waals surface area (Å²) in [6.07, 6.45) is 1.84. The van der Waals surface area contributed by atoms with Gasteiger partial charge in [0, 0.05) is 17.2 Å². The lowest BCUT2D eigenvalue weighted by atomic mass is 10.1. The molecule has 134 valence electrons. The van der Waals surface area contributed by atoms with Gasteiger partial charge in [-0.15, -0.1) is 0 Å². The van der Waals surface area contributed by atoms with Gasteiger partial charge in [-0.3, -0.25) is 14.9 Å². The molecule has 0 saturated heterocycles. The number of carbonyl (C=O) groups is 2. The molecule has 1 atom stereocenters. The number of aliphatic carboxylic acids is 1. The molecule has 2 aromatic carbocycles. The Morgan fingerprint density at radius 1 is 1.19 bits per heavy atom. The molecule has 2 rings (SSSR count). The fraction of sp³-hybridized carbons (Fsp3) is 0.158. The summed E-state index contributed by atoms with van der Waals surface area (Å²) in [5, 5.41) is 19.8. The lowest BCUT2D eigenvalue weighted by molar-refractivity contribution is -0.385. The second-order valence-corrected chi connectivity index (χ2v) is 5.62. The third kappa shape index (κ3) is 4.76. The van der Waals surface area contributed by atoms with Gasteiger partial charge in [0.1, 0.15) is 5.75 Å². The first-order valence-electron chi connectivity index (χ1n) is 7.75. The number of carboxylic acid groups (broad SMARTS) is 1. The van der Waals surface area contributed by atoms with E-state index in [-0.39, 0.29) is 11.5 Å². The van der Waals surface area contributed by atoms with E-state index in [1.807, 2.05) is 0 Å². The van der Waals surface area contributed by atoms with Gasteiger partial charge in [-0.1, -0.05) is 18.2 Å². The van der Waals surface area contributed by atoms with Crippen LogP contribution in [0, 0.1) is 17.0 Å². The highest BCUT2D eigenvalue weighted by Gasteiger charge is 2.13. The van der Waals surface area contributed by atoms with Gasteiger partial charge in [-0.05, 0) is 49.8 Å². The normalized spacial score (nSPS) is 11.9. The van der Waals surface area contributed by atoms with Crippen molar-refractivity contribution in [3.63, 3.8) is 0 Å². The van der Waals surface area contributed by atoms with E-state index < -0.39 is 17.0 Å². The second-order valence-electron chi connectivity index (χ2n) is 5.62. The highest BCUT2D eigenvalue weighted by Crippen LogP contribution is 2.20. The quantitative estimate of drug-likeness (QED) is 0.352. The van der Waals surface area contributed by atoms with Crippen LogP contribution in [-0.4, -0.2) is 27.9 Å². The van der Waals surface area contributed by atoms with Crippen LogP contribution in [0.3, 0.4) is 0 Å². The van der Waals surface area contributed by atoms with Crippen LogP contribution in [0.2, 0.25) is 0 Å². The fourth-order valence-corrected chi connectivity index (χ4v) is 2.15. The number of hydrogen-bond acceptors (Lipinski definition) is 5. The molecule has 0 aliphatic heterocycles. The minimum atomic E-state index is -1.08. The number of aryl methyl sites for hydroxylation is 1. The van der Waals surface area contributed by atoms with E-state index in [1.54, 1.807) is 19.1 Å². The van der Waals surface area contributed by atoms with Crippen molar-refractivity contribution in [3.8, 4) is 5.75 Å². The molecule has 1 N–H and O–H groups in total. The van der Waals surface area contributed by atoms with Crippen molar-refractivity contribution in [3.05, 3.63) is 75.3 Å². The topological polar surface area (TPSA) is 107 Å². The van der Waals surface area contributed by atoms with Gasteiger partial charge >= 0.3 is 5.97 Å². The molecule has 0 amide bonds. The second kappa shape index (κ2) is 8.06. The Bertz CT molecular complexity index is 870. The van der Waals surface area contributed by atoms with Crippen LogP contribution in [0.4, 0.5) is 5.69 Å². The van der Waals surface area contributed by atoms with Crippen molar-refractivity contribution in [2.24, 2.45) is 0 Å². The van der Waals surface area contributed by atoms with E-state index in [1.165, 1.54) is 49.4 Å². The molecule has 0 saturated carbocycles. The fourth-order valence-electron chi connectivity index (χ4n) is 2.15. The molecule has 0 heterocycles. The number of allylic oxidation sites excluding steroid dienone is 1. The number of ketones is 1. The summed E-state index contributed by atoms with van der Waals surface area (Å²) < 4.78 is 5.19. The summed E-state index contributed by atoms with van der Waals surface area (Å²) in [6.45, 7) is 3.05. The van der Waals surface area contributed by atoms with Crippen molar-refractivity contribution in [2.45, 2.75) is 20.0 Å². The maximum Gasteiger partial charge on any atom is 0.344 e. The van der Waals surface area contributed by atoms with Gasteiger partial charge in [0.2, 0.25) is 0 Å². The smallest absolute Gasteiger partial charge is 0.344 e. The van der Waals surface area contributed by atoms with Gasteiger partial charge in [0.05, 0.1) is 4.92 Å². The zero-order valence-corrected chi connectivity index (χ0v) is 14.2. The molecule has 0 aliphatic carbocycles. The monoisotopic (exact) mass is 355 g/mol. The summed E-state index contributed by atoms with van der Waals surface area (Å²) in [7, 11) is 0. The van der Waals surface area contributed by atoms with E-state index in [0.29, 0.717) is 22.4 Å². The predicted molar refractivity (Wildman–Crippen MR) is 95.4 cm³/mol. The average molecular weight is 355 g/mol. The van der Waals surface area contributed by atoms with Gasteiger partial charge in [-0.25, -0.2) is 4.79 Å². The highest BCUT2D eigenvalue weighted by molar-refractivity contribution is 6.06. The van der Waals surface area contributed by atoms with Crippen LogP contribution < -0.4 is 4.74 Å². The number of hydrogen-bond donors (Lipinski definition) is 1. The molecular weight excluding hydrogens is 338 g/mol. The van der Waals surface area contributed by atoms with Crippen LogP contribution in [0.5, 0.6) is 5.75 Å². The molecular formula is C19H17NO6. The standard InChI is InChI=1S/C19H17NO6/c1-12-3-4-14(11-17(12)20(24)25)5-10-18(21)15-6-8-16(9-7-15)26-13(2)19(22)23/h3-11,13H,1-2H3,(H,22,23)/b10-5+. The van der Waals surface area contributed by atoms with Crippen LogP contribution in [0.1, 0.15) is 28.4 Å². The summed E-state index contributed by atoms with van der Waals surface area (Å²) in [6, 6.07) is 10.8. The van der Waals surface area contributed by atoms with E-state index in [0.717, 1.165) is 0 Å². The maximum atomic E-state index is 12.2. The Labute approximate surface area is 149 Å². The number of carboxylic acids is 1. The Kier molecular flexibility index (Phi) is 5.85. The first-order chi connectivity index (χ1) is 12.3. The SMILES string of the molecule is Cc1ccc(/C=C/C(=O)c2ccc(OC(C)C(=O)O)cc2)cc1[N+](=O)[O-]. The summed E-state index contributed by atoms with van der Waals surface area (Å²) >= 11 is 0. The number of nitro groups is 1. The number of nitrogens with zero attached hydrogens (tertiary/aromatic N) is 1. The van der Waals surface area contributed by atoms with E-state index in [4.69, 9.17) is 9.84 Å². The molecule has 7 nitrogen and oxygen atoms in total. The van der Waals surface area contributed by atoms with Crippen LogP contribution in [0.25, 0.3) is 6.08 Å². The Morgan fingerprint density at radius 3 is 2.42 bits per heavy atom. The Hall–Kier alpha value is -3.48. The summed E-state index contributed by atoms with van der Waals surface area (Å²) in [5.74, 6) is -1.03. The van der Waals surface area contributed by atoms with Crippen LogP contribution in [-0.2, 0) is 4.79 Å². The molecule has 0 bridgehead atoms. The van der Waals surface area contributed by atoms with Crippen molar-refractivity contribution in [1.29, 1.82) is 0 Å². The molecule has 0 fully saturated rings. The largest absolute Gasteiger partial charge is 0.479 e. The molecule has 0 radical (unpaired) electrons. The molecule has 2 aromatic rings. The minimum Gasteiger partial charge on any atom is -0.479 e. The van der Waals surface area contributed by atoms with Crippen molar-refractivity contribution in [2.75, 3.05) is 0 Å². The van der Waals surface area contributed by atoms with Crippen LogP contribution in [0.15, 0.2) is 48.5 Å². The molecule has 0 aliphatic rings. The summed E-state index contributed by atoms with van der Waals surface area (Å²) in [5.41, 5.74) is 1.47. The third-order valence-electron chi connectivity index (χ3n) is 3.66. The number of nitro benzene ring substituents is 1. The number of ether oxygens (including phenoxy) is 1. The number of rotatable bonds is 7. The van der Waals surface area contributed by atoms with Crippen LogP contribution >= 0.6 is 0 Å². The first-order valence-corrected chi connectivity index (χ1v) is 7.75. The molecule has 0 aromatic heterocycles. The van der Waals surface area contributed by atoms with Gasteiger partial charge in [-0.2, -0.15) is 0 Å². The third-order valence-corrected chi connectivity index (χ3v) is 3.66. The zero-order chi connectivity index (χ0) is 19.3. The Balaban J connectivity index is 2.10. The van der Waals surface area contributed by atoms with Crippen molar-refractivity contribution >= 4 is 23.5 Å². The maximum absolute atomic E-state index is 12.2. The first kappa shape index (κ1) is 18.9. The van der Waals surface area contributed by atoms with Gasteiger partial charge in [0.15, 0.2) is 11.9 Å².